The van der Waals surface area contributed by atoms with Crippen LogP contribution in [0.1, 0.15) is 73.1 Å². The molecule has 114 valence electrons. The van der Waals surface area contributed by atoms with Crippen LogP contribution in [0.4, 0.5) is 0 Å². The van der Waals surface area contributed by atoms with E-state index >= 15 is 0 Å². The second kappa shape index (κ2) is 8.97. The van der Waals surface area contributed by atoms with Gasteiger partial charge in [-0.15, -0.1) is 0 Å². The van der Waals surface area contributed by atoms with E-state index < -0.39 is 0 Å². The van der Waals surface area contributed by atoms with Crippen molar-refractivity contribution in [3.63, 3.8) is 0 Å². The van der Waals surface area contributed by atoms with Gasteiger partial charge in [0.2, 0.25) is 0 Å². The molecule has 19 heavy (non-hydrogen) atoms. The molecule has 2 heteroatoms. The number of ether oxygens (including phenoxy) is 1. The fourth-order valence-corrected chi connectivity index (χ4v) is 3.54. The van der Waals surface area contributed by atoms with Gasteiger partial charge in [-0.2, -0.15) is 0 Å². The van der Waals surface area contributed by atoms with Crippen LogP contribution in [-0.4, -0.2) is 24.8 Å². The Bertz CT molecular complexity index is 231. The molecule has 0 bridgehead atoms. The van der Waals surface area contributed by atoms with E-state index in [1.54, 1.807) is 0 Å². The largest absolute Gasteiger partial charge is 0.375 e. The first-order chi connectivity index (χ1) is 9.11. The summed E-state index contributed by atoms with van der Waals surface area (Å²) in [5.74, 6) is 1.36. The number of unbranched alkanes of at least 4 members (excludes halogenated alkanes) is 3. The third kappa shape index (κ3) is 5.07. The van der Waals surface area contributed by atoms with Gasteiger partial charge in [0.15, 0.2) is 0 Å². The van der Waals surface area contributed by atoms with Crippen molar-refractivity contribution in [1.82, 2.24) is 5.32 Å². The topological polar surface area (TPSA) is 21.3 Å². The van der Waals surface area contributed by atoms with Gasteiger partial charge in [-0.1, -0.05) is 46.5 Å². The van der Waals surface area contributed by atoms with Gasteiger partial charge in [-0.05, 0) is 39.2 Å². The minimum absolute atomic E-state index is 0.408. The smallest absolute Gasteiger partial charge is 0.0597 e. The first-order valence-corrected chi connectivity index (χ1v) is 8.50. The summed E-state index contributed by atoms with van der Waals surface area (Å²) in [5.41, 5.74) is 0. The Morgan fingerprint density at radius 3 is 2.21 bits per heavy atom. The molecule has 0 aliphatic carbocycles. The lowest BCUT2D eigenvalue weighted by Gasteiger charge is -2.30. The van der Waals surface area contributed by atoms with E-state index in [4.69, 9.17) is 4.74 Å². The third-order valence-corrected chi connectivity index (χ3v) is 4.81. The molecular formula is C17H35NO. The van der Waals surface area contributed by atoms with Crippen LogP contribution in [0.2, 0.25) is 0 Å². The van der Waals surface area contributed by atoms with Gasteiger partial charge in [0, 0.05) is 12.0 Å². The van der Waals surface area contributed by atoms with Crippen molar-refractivity contribution in [3.05, 3.63) is 0 Å². The lowest BCUT2D eigenvalue weighted by molar-refractivity contribution is 0.0471. The maximum absolute atomic E-state index is 6.03. The molecule has 5 atom stereocenters. The molecule has 0 amide bonds. The van der Waals surface area contributed by atoms with Gasteiger partial charge in [0.25, 0.3) is 0 Å². The van der Waals surface area contributed by atoms with Crippen LogP contribution in [0.25, 0.3) is 0 Å². The summed E-state index contributed by atoms with van der Waals surface area (Å²) in [4.78, 5) is 0. The Labute approximate surface area is 120 Å². The van der Waals surface area contributed by atoms with Crippen LogP contribution in [0.5, 0.6) is 0 Å². The molecule has 1 heterocycles. The van der Waals surface area contributed by atoms with E-state index in [2.05, 4.69) is 39.9 Å². The molecule has 1 rings (SSSR count). The Kier molecular flexibility index (Phi) is 8.01. The summed E-state index contributed by atoms with van der Waals surface area (Å²) >= 11 is 0. The Morgan fingerprint density at radius 1 is 0.947 bits per heavy atom. The van der Waals surface area contributed by atoms with Crippen molar-refractivity contribution in [2.24, 2.45) is 11.8 Å². The van der Waals surface area contributed by atoms with Gasteiger partial charge < -0.3 is 10.1 Å². The fourth-order valence-electron chi connectivity index (χ4n) is 3.54. The summed E-state index contributed by atoms with van der Waals surface area (Å²) in [6.45, 7) is 12.5. The van der Waals surface area contributed by atoms with Gasteiger partial charge in [0.05, 0.1) is 12.2 Å². The molecule has 0 saturated carbocycles. The number of nitrogens with one attached hydrogen (secondary N) is 1. The highest BCUT2D eigenvalue weighted by molar-refractivity contribution is 4.91. The van der Waals surface area contributed by atoms with Crippen molar-refractivity contribution in [3.8, 4) is 0 Å². The molecule has 0 aromatic heterocycles. The van der Waals surface area contributed by atoms with Crippen molar-refractivity contribution in [2.75, 3.05) is 6.54 Å². The average molecular weight is 269 g/mol. The van der Waals surface area contributed by atoms with Crippen LogP contribution >= 0.6 is 0 Å². The highest BCUT2D eigenvalue weighted by Gasteiger charge is 2.40. The van der Waals surface area contributed by atoms with Crippen LogP contribution in [0.15, 0.2) is 0 Å². The minimum Gasteiger partial charge on any atom is -0.375 e. The zero-order chi connectivity index (χ0) is 14.3. The molecule has 0 aromatic rings. The molecule has 1 N–H and O–H groups in total. The summed E-state index contributed by atoms with van der Waals surface area (Å²) in [7, 11) is 0. The molecule has 0 aromatic carbocycles. The fraction of sp³-hybridized carbons (Fsp3) is 1.00. The monoisotopic (exact) mass is 269 g/mol. The number of hydrogen-bond acceptors (Lipinski definition) is 2. The number of hydrogen-bond donors (Lipinski definition) is 1. The summed E-state index contributed by atoms with van der Waals surface area (Å²) in [6.07, 6.45) is 8.80. The highest BCUT2D eigenvalue weighted by Crippen LogP contribution is 2.36. The van der Waals surface area contributed by atoms with Crippen LogP contribution < -0.4 is 5.32 Å². The predicted octanol–water partition coefficient (Wildman–Crippen LogP) is 4.38. The summed E-state index contributed by atoms with van der Waals surface area (Å²) in [5, 5.41) is 3.79. The molecule has 0 spiro atoms. The molecule has 5 unspecified atom stereocenters. The van der Waals surface area contributed by atoms with Crippen molar-refractivity contribution < 1.29 is 4.74 Å². The van der Waals surface area contributed by atoms with Gasteiger partial charge in [0.1, 0.15) is 0 Å². The predicted molar refractivity (Wildman–Crippen MR) is 83.5 cm³/mol. The van der Waals surface area contributed by atoms with E-state index in [0.29, 0.717) is 30.1 Å². The lowest BCUT2D eigenvalue weighted by Crippen LogP contribution is -2.42. The van der Waals surface area contributed by atoms with Crippen LogP contribution in [0, 0.1) is 11.8 Å². The standard InChI is InChI=1S/C17H35NO/c1-6-8-9-10-11-16(18-12-7-2)17-13(3)14(4)19-15(17)5/h13-18H,6-12H2,1-5H3. The quantitative estimate of drug-likeness (QED) is 0.627. The molecule has 1 saturated heterocycles. The molecule has 1 aliphatic heterocycles. The second-order valence-electron chi connectivity index (χ2n) is 6.39. The maximum Gasteiger partial charge on any atom is 0.0597 e. The zero-order valence-electron chi connectivity index (χ0n) is 13.7. The first-order valence-electron chi connectivity index (χ1n) is 8.50. The molecule has 1 fully saturated rings. The second-order valence-corrected chi connectivity index (χ2v) is 6.39. The normalized spacial score (nSPS) is 32.7. The van der Waals surface area contributed by atoms with E-state index in [9.17, 15) is 0 Å². The van der Waals surface area contributed by atoms with E-state index in [1.165, 1.54) is 38.5 Å². The Morgan fingerprint density at radius 2 is 1.68 bits per heavy atom. The van der Waals surface area contributed by atoms with Crippen molar-refractivity contribution in [2.45, 2.75) is 91.4 Å². The number of rotatable bonds is 9. The molecular weight excluding hydrogens is 234 g/mol. The molecule has 0 radical (unpaired) electrons. The van der Waals surface area contributed by atoms with Gasteiger partial charge in [-0.25, -0.2) is 0 Å². The van der Waals surface area contributed by atoms with Crippen LogP contribution in [0.3, 0.4) is 0 Å². The Hall–Kier alpha value is -0.0800. The van der Waals surface area contributed by atoms with Gasteiger partial charge >= 0.3 is 0 Å². The van der Waals surface area contributed by atoms with Crippen molar-refractivity contribution in [1.29, 1.82) is 0 Å². The lowest BCUT2D eigenvalue weighted by atomic mass is 9.81. The molecule has 1 aliphatic rings. The molecule has 2 nitrogen and oxygen atoms in total. The Balaban J connectivity index is 2.51. The summed E-state index contributed by atoms with van der Waals surface area (Å²) < 4.78 is 6.03. The zero-order valence-corrected chi connectivity index (χ0v) is 13.7. The van der Waals surface area contributed by atoms with E-state index in [-0.39, 0.29) is 0 Å². The SMILES string of the molecule is CCCCCCC(NCCC)C1C(C)OC(C)C1C. The van der Waals surface area contributed by atoms with Crippen molar-refractivity contribution >= 4 is 0 Å². The first kappa shape index (κ1) is 17.0. The third-order valence-electron chi connectivity index (χ3n) is 4.81. The van der Waals surface area contributed by atoms with Crippen LogP contribution in [-0.2, 0) is 4.74 Å². The maximum atomic E-state index is 6.03. The minimum atomic E-state index is 0.408. The average Bonchev–Trinajstić information content (AvgIpc) is 2.63. The van der Waals surface area contributed by atoms with Gasteiger partial charge in [-0.3, -0.25) is 0 Å². The highest BCUT2D eigenvalue weighted by atomic mass is 16.5. The van der Waals surface area contributed by atoms with E-state index in [1.807, 2.05) is 0 Å². The van der Waals surface area contributed by atoms with E-state index in [0.717, 1.165) is 6.54 Å². The summed E-state index contributed by atoms with van der Waals surface area (Å²) in [6, 6.07) is 0.645.